The Kier molecular flexibility index (Phi) is 5.14. The van der Waals surface area contributed by atoms with Crippen LogP contribution >= 0.6 is 15.9 Å². The van der Waals surface area contributed by atoms with E-state index in [9.17, 15) is 14.4 Å². The molecule has 0 saturated carbocycles. The van der Waals surface area contributed by atoms with Gasteiger partial charge in [0, 0.05) is 41.3 Å². The second kappa shape index (κ2) is 7.36. The molecule has 1 heterocycles. The van der Waals surface area contributed by atoms with Gasteiger partial charge in [-0.1, -0.05) is 28.1 Å². The largest absolute Gasteiger partial charge is 0.419 e. The minimum atomic E-state index is -1.30. The van der Waals surface area contributed by atoms with Crippen LogP contribution in [0.3, 0.4) is 0 Å². The average molecular weight is 430 g/mol. The van der Waals surface area contributed by atoms with Crippen LogP contribution in [0.1, 0.15) is 29.8 Å². The van der Waals surface area contributed by atoms with E-state index in [1.807, 2.05) is 0 Å². The standard InChI is InChI=1S/C20H16BrNO5/c1-20(2)26-18(24)15(19(25)27-20)11-22-16-6-4-3-5-14(16)17(23)12-7-9-13(21)10-8-12/h3-11,22H,1-2H3. The Morgan fingerprint density at radius 3 is 2.22 bits per heavy atom. The summed E-state index contributed by atoms with van der Waals surface area (Å²) < 4.78 is 11.0. The molecular formula is C20H16BrNO5. The van der Waals surface area contributed by atoms with E-state index in [1.54, 1.807) is 48.5 Å². The number of ketones is 1. The van der Waals surface area contributed by atoms with Gasteiger partial charge in [0.2, 0.25) is 0 Å². The Hall–Kier alpha value is -2.93. The van der Waals surface area contributed by atoms with Gasteiger partial charge in [0.15, 0.2) is 11.4 Å². The lowest BCUT2D eigenvalue weighted by molar-refractivity contribution is -0.222. The minimum absolute atomic E-state index is 0.195. The predicted octanol–water partition coefficient (Wildman–Crippen LogP) is 3.81. The summed E-state index contributed by atoms with van der Waals surface area (Å²) in [4.78, 5) is 36.8. The van der Waals surface area contributed by atoms with Crippen molar-refractivity contribution in [3.63, 3.8) is 0 Å². The lowest BCUT2D eigenvalue weighted by atomic mass is 10.0. The van der Waals surface area contributed by atoms with E-state index >= 15 is 0 Å². The molecule has 0 bridgehead atoms. The average Bonchev–Trinajstić information content (AvgIpc) is 2.60. The maximum absolute atomic E-state index is 12.8. The van der Waals surface area contributed by atoms with Crippen molar-refractivity contribution >= 4 is 39.3 Å². The molecule has 0 aromatic heterocycles. The molecule has 27 heavy (non-hydrogen) atoms. The van der Waals surface area contributed by atoms with Gasteiger partial charge in [-0.15, -0.1) is 0 Å². The number of hydrogen-bond donors (Lipinski definition) is 1. The van der Waals surface area contributed by atoms with E-state index in [1.165, 1.54) is 20.0 Å². The van der Waals surface area contributed by atoms with Gasteiger partial charge in [-0.05, 0) is 36.4 Å². The fourth-order valence-corrected chi connectivity index (χ4v) is 2.76. The molecule has 2 aromatic carbocycles. The van der Waals surface area contributed by atoms with Crippen LogP contribution in [0, 0.1) is 0 Å². The van der Waals surface area contributed by atoms with Crippen LogP contribution < -0.4 is 5.32 Å². The van der Waals surface area contributed by atoms with Gasteiger partial charge in [-0.3, -0.25) is 4.79 Å². The van der Waals surface area contributed by atoms with Crippen LogP contribution in [0.2, 0.25) is 0 Å². The summed E-state index contributed by atoms with van der Waals surface area (Å²) in [6, 6.07) is 13.8. The maximum atomic E-state index is 12.8. The monoisotopic (exact) mass is 429 g/mol. The van der Waals surface area contributed by atoms with Crippen molar-refractivity contribution in [3.8, 4) is 0 Å². The fourth-order valence-electron chi connectivity index (χ4n) is 2.49. The van der Waals surface area contributed by atoms with Gasteiger partial charge in [0.1, 0.15) is 0 Å². The smallest absolute Gasteiger partial charge is 0.350 e. The van der Waals surface area contributed by atoms with Crippen molar-refractivity contribution in [2.24, 2.45) is 0 Å². The Balaban J connectivity index is 1.87. The summed E-state index contributed by atoms with van der Waals surface area (Å²) >= 11 is 3.33. The number of esters is 2. The van der Waals surface area contributed by atoms with Gasteiger partial charge in [-0.2, -0.15) is 0 Å². The Morgan fingerprint density at radius 1 is 1.00 bits per heavy atom. The Labute approximate surface area is 164 Å². The van der Waals surface area contributed by atoms with Gasteiger partial charge < -0.3 is 14.8 Å². The topological polar surface area (TPSA) is 81.7 Å². The normalized spacial score (nSPS) is 15.6. The molecule has 1 N–H and O–H groups in total. The Morgan fingerprint density at radius 2 is 1.59 bits per heavy atom. The molecule has 0 aliphatic carbocycles. The highest BCUT2D eigenvalue weighted by Gasteiger charge is 2.39. The third-order valence-electron chi connectivity index (χ3n) is 3.77. The van der Waals surface area contributed by atoms with Crippen molar-refractivity contribution in [1.29, 1.82) is 0 Å². The molecule has 138 valence electrons. The highest BCUT2D eigenvalue weighted by atomic mass is 79.9. The summed E-state index contributed by atoms with van der Waals surface area (Å²) in [7, 11) is 0. The molecule has 0 unspecified atom stereocenters. The summed E-state index contributed by atoms with van der Waals surface area (Å²) in [5.74, 6) is -3.08. The number of rotatable bonds is 4. The molecular weight excluding hydrogens is 414 g/mol. The molecule has 2 aromatic rings. The van der Waals surface area contributed by atoms with Crippen LogP contribution in [0.25, 0.3) is 0 Å². The number of carbonyl (C=O) groups is 3. The van der Waals surface area contributed by atoms with Gasteiger partial charge in [0.05, 0.1) is 0 Å². The Bertz CT molecular complexity index is 925. The molecule has 1 aliphatic heterocycles. The second-order valence-electron chi connectivity index (χ2n) is 6.26. The van der Waals surface area contributed by atoms with Crippen molar-refractivity contribution in [1.82, 2.24) is 0 Å². The summed E-state index contributed by atoms with van der Waals surface area (Å²) in [5, 5.41) is 2.84. The lowest BCUT2D eigenvalue weighted by Gasteiger charge is -2.29. The zero-order chi connectivity index (χ0) is 19.6. The summed E-state index contributed by atoms with van der Waals surface area (Å²) in [6.07, 6.45) is 1.19. The molecule has 0 atom stereocenters. The van der Waals surface area contributed by atoms with Crippen molar-refractivity contribution in [3.05, 3.63) is 75.9 Å². The molecule has 0 amide bonds. The summed E-state index contributed by atoms with van der Waals surface area (Å²) in [6.45, 7) is 2.94. The highest BCUT2D eigenvalue weighted by Crippen LogP contribution is 2.24. The van der Waals surface area contributed by atoms with E-state index in [-0.39, 0.29) is 11.4 Å². The number of ether oxygens (including phenoxy) is 2. The predicted molar refractivity (Wildman–Crippen MR) is 102 cm³/mol. The number of benzene rings is 2. The number of anilines is 1. The zero-order valence-corrected chi connectivity index (χ0v) is 16.2. The first-order chi connectivity index (χ1) is 12.8. The molecule has 7 heteroatoms. The number of hydrogen-bond acceptors (Lipinski definition) is 6. The number of nitrogens with one attached hydrogen (secondary N) is 1. The van der Waals surface area contributed by atoms with E-state index in [0.29, 0.717) is 16.8 Å². The van der Waals surface area contributed by atoms with E-state index in [0.717, 1.165) is 4.47 Å². The fraction of sp³-hybridized carbons (Fsp3) is 0.150. The van der Waals surface area contributed by atoms with Gasteiger partial charge >= 0.3 is 11.9 Å². The first kappa shape index (κ1) is 18.8. The van der Waals surface area contributed by atoms with Crippen LogP contribution in [0.15, 0.2) is 64.8 Å². The third-order valence-corrected chi connectivity index (χ3v) is 4.30. The molecule has 3 rings (SSSR count). The lowest BCUT2D eigenvalue weighted by Crippen LogP contribution is -2.42. The van der Waals surface area contributed by atoms with Crippen molar-refractivity contribution in [2.45, 2.75) is 19.6 Å². The molecule has 1 aliphatic rings. The number of halogens is 1. The molecule has 1 fully saturated rings. The van der Waals surface area contributed by atoms with Crippen LogP contribution in [-0.2, 0) is 19.1 Å². The second-order valence-corrected chi connectivity index (χ2v) is 7.18. The van der Waals surface area contributed by atoms with Crippen LogP contribution in [0.4, 0.5) is 5.69 Å². The van der Waals surface area contributed by atoms with Crippen molar-refractivity contribution in [2.75, 3.05) is 5.32 Å². The van der Waals surface area contributed by atoms with Gasteiger partial charge in [0.25, 0.3) is 5.79 Å². The van der Waals surface area contributed by atoms with Crippen LogP contribution in [-0.4, -0.2) is 23.5 Å². The molecule has 6 nitrogen and oxygen atoms in total. The zero-order valence-electron chi connectivity index (χ0n) is 14.6. The minimum Gasteiger partial charge on any atom is -0.419 e. The van der Waals surface area contributed by atoms with Gasteiger partial charge in [-0.25, -0.2) is 9.59 Å². The SMILES string of the molecule is CC1(C)OC(=O)C(=CNc2ccccc2C(=O)c2ccc(Br)cc2)C(=O)O1. The maximum Gasteiger partial charge on any atom is 0.350 e. The molecule has 0 spiro atoms. The highest BCUT2D eigenvalue weighted by molar-refractivity contribution is 9.10. The summed E-state index contributed by atoms with van der Waals surface area (Å²) in [5.41, 5.74) is 1.08. The quantitative estimate of drug-likeness (QED) is 0.344. The van der Waals surface area contributed by atoms with Crippen LogP contribution in [0.5, 0.6) is 0 Å². The van der Waals surface area contributed by atoms with Crippen molar-refractivity contribution < 1.29 is 23.9 Å². The van der Waals surface area contributed by atoms with E-state index in [2.05, 4.69) is 21.2 Å². The number of cyclic esters (lactones) is 2. The first-order valence-electron chi connectivity index (χ1n) is 8.09. The third kappa shape index (κ3) is 4.25. The van der Waals surface area contributed by atoms with E-state index in [4.69, 9.17) is 9.47 Å². The number of para-hydroxylation sites is 1. The molecule has 0 radical (unpaired) electrons. The number of carbonyl (C=O) groups excluding carboxylic acids is 3. The first-order valence-corrected chi connectivity index (χ1v) is 8.89. The van der Waals surface area contributed by atoms with E-state index < -0.39 is 17.7 Å². The molecule has 1 saturated heterocycles.